The van der Waals surface area contributed by atoms with Crippen LogP contribution in [0.5, 0.6) is 11.5 Å². The maximum absolute atomic E-state index is 14.9. The van der Waals surface area contributed by atoms with Crippen molar-refractivity contribution in [3.63, 3.8) is 0 Å². The van der Waals surface area contributed by atoms with E-state index in [9.17, 15) is 13.2 Å². The summed E-state index contributed by atoms with van der Waals surface area (Å²) in [6.07, 6.45) is 1.65. The summed E-state index contributed by atoms with van der Waals surface area (Å²) in [6.45, 7) is 0.479. The second-order valence-electron chi connectivity index (χ2n) is 9.06. The Morgan fingerprint density at radius 1 is 0.900 bits per heavy atom. The third kappa shape index (κ3) is 6.55. The van der Waals surface area contributed by atoms with Crippen molar-refractivity contribution in [2.75, 3.05) is 46.8 Å². The maximum atomic E-state index is 14.9. The van der Waals surface area contributed by atoms with Gasteiger partial charge in [-0.15, -0.1) is 0 Å². The lowest BCUT2D eigenvalue weighted by molar-refractivity contribution is 0.355. The Morgan fingerprint density at radius 3 is 2.20 bits per heavy atom. The molecule has 0 radical (unpaired) electrons. The van der Waals surface area contributed by atoms with Crippen LogP contribution in [0, 0.1) is 29.3 Å². The summed E-state index contributed by atoms with van der Waals surface area (Å²) in [6, 6.07) is 13.9. The van der Waals surface area contributed by atoms with Gasteiger partial charge < -0.3 is 14.4 Å². The number of methoxy groups -OCH3 is 2. The molecule has 4 aromatic rings. The fourth-order valence-corrected chi connectivity index (χ4v) is 4.92. The minimum atomic E-state index is -0.677. The monoisotopic (exact) mass is 566 g/mol. The normalized spacial score (nSPS) is 10.8. The SMILES string of the molecule is COc1ccc(N(C)c2cnc(SCc3c(F)cc(C#CCN(C)C)cc3F)n2-c2ccc(F)cc2)cc1OC. The number of imidazole rings is 1. The first-order valence-corrected chi connectivity index (χ1v) is 13.2. The predicted octanol–water partition coefficient (Wildman–Crippen LogP) is 6.28. The Labute approximate surface area is 236 Å². The molecule has 1 heterocycles. The van der Waals surface area contributed by atoms with Gasteiger partial charge in [-0.25, -0.2) is 18.2 Å². The van der Waals surface area contributed by atoms with Gasteiger partial charge in [0.05, 0.1) is 27.0 Å². The van der Waals surface area contributed by atoms with E-state index < -0.39 is 11.6 Å². The van der Waals surface area contributed by atoms with Crippen LogP contribution in [-0.4, -0.2) is 56.4 Å². The summed E-state index contributed by atoms with van der Waals surface area (Å²) in [4.78, 5) is 8.30. The molecule has 0 aliphatic rings. The van der Waals surface area contributed by atoms with Gasteiger partial charge in [0, 0.05) is 41.4 Å². The van der Waals surface area contributed by atoms with Gasteiger partial charge in [0.2, 0.25) is 0 Å². The lowest BCUT2D eigenvalue weighted by atomic mass is 10.1. The standard InChI is InChI=1S/C30H29F3N4O2S/c1-35(2)14-6-7-20-15-25(32)24(26(33)16-20)19-40-30-34-18-29(37(30)22-10-8-21(31)9-11-22)36(3)23-12-13-27(38-4)28(17-23)39-5/h8-13,15-18H,14,19H2,1-5H3. The first-order chi connectivity index (χ1) is 19.2. The molecule has 0 bridgehead atoms. The summed E-state index contributed by atoms with van der Waals surface area (Å²) in [5.41, 5.74) is 1.61. The predicted molar refractivity (Wildman–Crippen MR) is 152 cm³/mol. The molecule has 0 aliphatic heterocycles. The molecule has 0 unspecified atom stereocenters. The van der Waals surface area contributed by atoms with Gasteiger partial charge in [0.1, 0.15) is 23.3 Å². The molecule has 4 rings (SSSR count). The number of benzene rings is 3. The number of aromatic nitrogens is 2. The van der Waals surface area contributed by atoms with Crippen LogP contribution in [-0.2, 0) is 5.75 Å². The van der Waals surface area contributed by atoms with Gasteiger partial charge >= 0.3 is 0 Å². The van der Waals surface area contributed by atoms with Crippen LogP contribution in [0.1, 0.15) is 11.1 Å². The van der Waals surface area contributed by atoms with E-state index in [-0.39, 0.29) is 22.7 Å². The first-order valence-electron chi connectivity index (χ1n) is 12.3. The Morgan fingerprint density at radius 2 is 1.57 bits per heavy atom. The van der Waals surface area contributed by atoms with Crippen molar-refractivity contribution in [1.29, 1.82) is 0 Å². The third-order valence-corrected chi connectivity index (χ3v) is 6.99. The molecule has 10 heteroatoms. The lowest BCUT2D eigenvalue weighted by Gasteiger charge is -2.23. The molecule has 6 nitrogen and oxygen atoms in total. The number of anilines is 2. The van der Waals surface area contributed by atoms with E-state index in [1.165, 1.54) is 36.0 Å². The lowest BCUT2D eigenvalue weighted by Crippen LogP contribution is -2.14. The van der Waals surface area contributed by atoms with E-state index in [2.05, 4.69) is 16.8 Å². The minimum Gasteiger partial charge on any atom is -0.493 e. The maximum Gasteiger partial charge on any atom is 0.174 e. The van der Waals surface area contributed by atoms with Crippen molar-refractivity contribution in [3.8, 4) is 29.0 Å². The second kappa shape index (κ2) is 12.9. The molecule has 3 aromatic carbocycles. The average Bonchev–Trinajstić information content (AvgIpc) is 3.35. The van der Waals surface area contributed by atoms with Crippen LogP contribution in [0.3, 0.4) is 0 Å². The minimum absolute atomic E-state index is 0.0131. The molecule has 0 saturated heterocycles. The molecule has 0 aliphatic carbocycles. The highest BCUT2D eigenvalue weighted by Gasteiger charge is 2.20. The highest BCUT2D eigenvalue weighted by Crippen LogP contribution is 2.37. The number of hydrogen-bond donors (Lipinski definition) is 0. The summed E-state index contributed by atoms with van der Waals surface area (Å²) >= 11 is 1.17. The summed E-state index contributed by atoms with van der Waals surface area (Å²) in [7, 11) is 8.70. The molecule has 0 saturated carbocycles. The van der Waals surface area contributed by atoms with E-state index >= 15 is 0 Å². The quantitative estimate of drug-likeness (QED) is 0.176. The smallest absolute Gasteiger partial charge is 0.174 e. The van der Waals surface area contributed by atoms with Crippen molar-refractivity contribution >= 4 is 23.3 Å². The van der Waals surface area contributed by atoms with E-state index in [1.807, 2.05) is 43.1 Å². The molecule has 1 aromatic heterocycles. The number of hydrogen-bond acceptors (Lipinski definition) is 6. The Kier molecular flexibility index (Phi) is 9.30. The zero-order valence-corrected chi connectivity index (χ0v) is 23.7. The first kappa shape index (κ1) is 28.9. The molecule has 0 fully saturated rings. The van der Waals surface area contributed by atoms with Crippen LogP contribution in [0.25, 0.3) is 5.69 Å². The third-order valence-electron chi connectivity index (χ3n) is 6.01. The van der Waals surface area contributed by atoms with E-state index in [0.29, 0.717) is 34.7 Å². The zero-order valence-electron chi connectivity index (χ0n) is 22.8. The molecule has 208 valence electrons. The summed E-state index contributed by atoms with van der Waals surface area (Å²) < 4.78 is 56.2. The molecular weight excluding hydrogens is 537 g/mol. The molecule has 0 spiro atoms. The van der Waals surface area contributed by atoms with Crippen LogP contribution in [0.2, 0.25) is 0 Å². The number of nitrogens with zero attached hydrogens (tertiary/aromatic N) is 4. The van der Waals surface area contributed by atoms with E-state index in [0.717, 1.165) is 5.69 Å². The van der Waals surface area contributed by atoms with Crippen molar-refractivity contribution in [3.05, 3.63) is 89.4 Å². The zero-order chi connectivity index (χ0) is 28.8. The van der Waals surface area contributed by atoms with Crippen LogP contribution in [0.15, 0.2) is 66.0 Å². The Hall–Kier alpha value is -4.07. The largest absolute Gasteiger partial charge is 0.493 e. The van der Waals surface area contributed by atoms with Gasteiger partial charge in [-0.05, 0) is 62.6 Å². The van der Waals surface area contributed by atoms with E-state index in [4.69, 9.17) is 9.47 Å². The highest BCUT2D eigenvalue weighted by molar-refractivity contribution is 7.98. The number of halogens is 3. The van der Waals surface area contributed by atoms with Gasteiger partial charge in [-0.2, -0.15) is 0 Å². The van der Waals surface area contributed by atoms with Crippen molar-refractivity contribution in [2.45, 2.75) is 10.9 Å². The fraction of sp³-hybridized carbons (Fsp3) is 0.233. The number of ether oxygens (including phenoxy) is 2. The number of thioether (sulfide) groups is 1. The van der Waals surface area contributed by atoms with Crippen molar-refractivity contribution in [2.24, 2.45) is 0 Å². The molecule has 0 atom stereocenters. The second-order valence-corrected chi connectivity index (χ2v) is 10.00. The summed E-state index contributed by atoms with van der Waals surface area (Å²) in [5.74, 6) is 5.71. The van der Waals surface area contributed by atoms with E-state index in [1.54, 1.807) is 43.2 Å². The summed E-state index contributed by atoms with van der Waals surface area (Å²) in [5, 5.41) is 0.475. The topological polar surface area (TPSA) is 42.8 Å². The Balaban J connectivity index is 1.67. The molecule has 0 amide bonds. The van der Waals surface area contributed by atoms with Gasteiger partial charge in [0.25, 0.3) is 0 Å². The van der Waals surface area contributed by atoms with Crippen molar-refractivity contribution in [1.82, 2.24) is 14.5 Å². The fourth-order valence-electron chi connectivity index (χ4n) is 3.91. The van der Waals surface area contributed by atoms with Crippen molar-refractivity contribution < 1.29 is 22.6 Å². The average molecular weight is 567 g/mol. The van der Waals surface area contributed by atoms with Crippen LogP contribution >= 0.6 is 11.8 Å². The van der Waals surface area contributed by atoms with Crippen LogP contribution < -0.4 is 14.4 Å². The van der Waals surface area contributed by atoms with Gasteiger partial charge in [-0.1, -0.05) is 23.6 Å². The van der Waals surface area contributed by atoms with Crippen LogP contribution in [0.4, 0.5) is 24.7 Å². The number of rotatable bonds is 9. The highest BCUT2D eigenvalue weighted by atomic mass is 32.2. The molecule has 40 heavy (non-hydrogen) atoms. The molecular formula is C30H29F3N4O2S. The van der Waals surface area contributed by atoms with Gasteiger partial charge in [-0.3, -0.25) is 9.47 Å². The van der Waals surface area contributed by atoms with Gasteiger partial charge in [0.15, 0.2) is 16.7 Å². The molecule has 0 N–H and O–H groups in total. The Bertz CT molecular complexity index is 1520.